The van der Waals surface area contributed by atoms with Crippen LogP contribution in [0.3, 0.4) is 0 Å². The Bertz CT molecular complexity index is 1360. The van der Waals surface area contributed by atoms with Crippen LogP contribution in [0.2, 0.25) is 0 Å². The third-order valence-electron chi connectivity index (χ3n) is 6.30. The first kappa shape index (κ1) is 23.6. The van der Waals surface area contributed by atoms with Gasteiger partial charge in [0, 0.05) is 78.1 Å². The molecule has 3 N–H and O–H groups in total. The molecule has 2 aromatic heterocycles. The predicted octanol–water partition coefficient (Wildman–Crippen LogP) is 3.56. The molecular formula is C27H31N3O4. The van der Waals surface area contributed by atoms with Gasteiger partial charge in [-0.25, -0.2) is 0 Å². The molecule has 0 radical (unpaired) electrons. The lowest BCUT2D eigenvalue weighted by Crippen LogP contribution is -2.21. The summed E-state index contributed by atoms with van der Waals surface area (Å²) >= 11 is 0. The predicted molar refractivity (Wildman–Crippen MR) is 136 cm³/mol. The molecule has 0 saturated heterocycles. The van der Waals surface area contributed by atoms with Crippen LogP contribution in [0.1, 0.15) is 24.0 Å². The van der Waals surface area contributed by atoms with E-state index in [1.807, 2.05) is 66.5 Å². The van der Waals surface area contributed by atoms with E-state index in [1.54, 1.807) is 14.2 Å². The molecule has 34 heavy (non-hydrogen) atoms. The third-order valence-corrected chi connectivity index (χ3v) is 6.30. The summed E-state index contributed by atoms with van der Waals surface area (Å²) < 4.78 is 9.57. The monoisotopic (exact) mass is 461 g/mol. The van der Waals surface area contributed by atoms with Gasteiger partial charge < -0.3 is 29.4 Å². The number of nitrogens with one attached hydrogen (secondary N) is 1. The lowest BCUT2D eigenvalue weighted by Gasteiger charge is -2.13. The highest BCUT2D eigenvalue weighted by Crippen LogP contribution is 2.37. The van der Waals surface area contributed by atoms with Crippen molar-refractivity contribution in [3.63, 3.8) is 0 Å². The maximum absolute atomic E-state index is 13.3. The standard InChI is InChI=1S/C27H31N3O4/c1-28-27(33)26(22-15-29(2)24-9-5-4-8-19(22)24)23(17-32)21-16-30(12-6-7-13-31)25-11-10-18(34-3)14-20(21)25/h4-5,8-11,14-16,31-32H,6-7,12-13,17H2,1-3H3,(H,28,33)/b26-23+. The number of methoxy groups -OCH3 is 1. The molecule has 0 aliphatic heterocycles. The molecule has 0 unspecified atom stereocenters. The minimum atomic E-state index is -0.307. The first-order chi connectivity index (χ1) is 16.5. The van der Waals surface area contributed by atoms with Crippen molar-refractivity contribution in [2.24, 2.45) is 7.05 Å². The Balaban J connectivity index is 2.02. The summed E-state index contributed by atoms with van der Waals surface area (Å²) in [5.41, 5.74) is 4.53. The van der Waals surface area contributed by atoms with Crippen molar-refractivity contribution in [2.75, 3.05) is 27.4 Å². The van der Waals surface area contributed by atoms with E-state index in [0.717, 1.165) is 39.4 Å². The number of carbonyl (C=O) groups excluding carboxylic acids is 1. The van der Waals surface area contributed by atoms with E-state index < -0.39 is 0 Å². The summed E-state index contributed by atoms with van der Waals surface area (Å²) in [7, 11) is 5.17. The molecular weight excluding hydrogens is 430 g/mol. The highest BCUT2D eigenvalue weighted by Gasteiger charge is 2.24. The number of aliphatic hydroxyl groups excluding tert-OH is 2. The third kappa shape index (κ3) is 4.20. The number of fused-ring (bicyclic) bond motifs is 2. The van der Waals surface area contributed by atoms with Crippen molar-refractivity contribution >= 4 is 38.9 Å². The Hall–Kier alpha value is -3.55. The molecule has 2 aromatic carbocycles. The molecule has 0 bridgehead atoms. The van der Waals surface area contributed by atoms with Gasteiger partial charge in [0.05, 0.1) is 19.3 Å². The van der Waals surface area contributed by atoms with Crippen molar-refractivity contribution in [1.82, 2.24) is 14.5 Å². The minimum Gasteiger partial charge on any atom is -0.497 e. The fraction of sp³-hybridized carbons (Fsp3) is 0.296. The van der Waals surface area contributed by atoms with E-state index in [0.29, 0.717) is 29.9 Å². The molecule has 1 amide bonds. The highest BCUT2D eigenvalue weighted by atomic mass is 16.5. The second-order valence-corrected chi connectivity index (χ2v) is 8.31. The van der Waals surface area contributed by atoms with E-state index in [2.05, 4.69) is 9.88 Å². The Morgan fingerprint density at radius 1 is 1.00 bits per heavy atom. The number of hydrogen-bond acceptors (Lipinski definition) is 4. The number of aromatic nitrogens is 2. The van der Waals surface area contributed by atoms with Gasteiger partial charge in [-0.1, -0.05) is 18.2 Å². The summed E-state index contributed by atoms with van der Waals surface area (Å²) in [5, 5.41) is 24.5. The van der Waals surface area contributed by atoms with Crippen molar-refractivity contribution in [3.05, 3.63) is 66.0 Å². The summed E-state index contributed by atoms with van der Waals surface area (Å²) in [6.07, 6.45) is 5.44. The number of rotatable bonds is 9. The van der Waals surface area contributed by atoms with Crippen molar-refractivity contribution in [3.8, 4) is 5.75 Å². The van der Waals surface area contributed by atoms with Gasteiger partial charge in [-0.05, 0) is 37.1 Å². The van der Waals surface area contributed by atoms with Gasteiger partial charge in [-0.3, -0.25) is 4.79 Å². The quantitative estimate of drug-likeness (QED) is 0.263. The minimum absolute atomic E-state index is 0.142. The number of hydrogen-bond donors (Lipinski definition) is 3. The molecule has 4 rings (SSSR count). The zero-order chi connectivity index (χ0) is 24.2. The van der Waals surface area contributed by atoms with Gasteiger partial charge >= 0.3 is 0 Å². The number of carbonyl (C=O) groups is 1. The Morgan fingerprint density at radius 2 is 1.79 bits per heavy atom. The molecule has 0 spiro atoms. The smallest absolute Gasteiger partial charge is 0.252 e. The average molecular weight is 462 g/mol. The normalized spacial score (nSPS) is 12.3. The van der Waals surface area contributed by atoms with E-state index in [4.69, 9.17) is 4.74 Å². The van der Waals surface area contributed by atoms with E-state index in [-0.39, 0.29) is 19.1 Å². The number of ether oxygens (including phenoxy) is 1. The molecule has 0 aliphatic rings. The van der Waals surface area contributed by atoms with Crippen LogP contribution < -0.4 is 10.1 Å². The second-order valence-electron chi connectivity index (χ2n) is 8.31. The fourth-order valence-corrected chi connectivity index (χ4v) is 4.61. The largest absolute Gasteiger partial charge is 0.497 e. The van der Waals surface area contributed by atoms with Crippen LogP contribution in [-0.2, 0) is 18.4 Å². The topological polar surface area (TPSA) is 88.7 Å². The molecule has 0 atom stereocenters. The summed E-state index contributed by atoms with van der Waals surface area (Å²) in [4.78, 5) is 13.3. The number of para-hydroxylation sites is 1. The maximum Gasteiger partial charge on any atom is 0.252 e. The molecule has 7 heteroatoms. The number of nitrogens with zero attached hydrogens (tertiary/aromatic N) is 2. The highest BCUT2D eigenvalue weighted by molar-refractivity contribution is 6.30. The molecule has 178 valence electrons. The molecule has 0 saturated carbocycles. The van der Waals surface area contributed by atoms with Crippen LogP contribution in [0, 0.1) is 0 Å². The van der Waals surface area contributed by atoms with Crippen LogP contribution in [0.15, 0.2) is 54.9 Å². The zero-order valence-corrected chi connectivity index (χ0v) is 19.8. The summed E-state index contributed by atoms with van der Waals surface area (Å²) in [6, 6.07) is 13.7. The maximum atomic E-state index is 13.3. The van der Waals surface area contributed by atoms with Crippen molar-refractivity contribution in [1.29, 1.82) is 0 Å². The van der Waals surface area contributed by atoms with Gasteiger partial charge in [0.2, 0.25) is 0 Å². The first-order valence-corrected chi connectivity index (χ1v) is 11.4. The lowest BCUT2D eigenvalue weighted by atomic mass is 9.93. The van der Waals surface area contributed by atoms with E-state index >= 15 is 0 Å². The Kier molecular flexibility index (Phi) is 7.05. The van der Waals surface area contributed by atoms with Gasteiger partial charge in [0.25, 0.3) is 5.91 Å². The molecule has 0 aliphatic carbocycles. The van der Waals surface area contributed by atoms with Gasteiger partial charge in [0.15, 0.2) is 0 Å². The average Bonchev–Trinajstić information content (AvgIpc) is 3.39. The Labute approximate surface area is 198 Å². The number of amides is 1. The van der Waals surface area contributed by atoms with Crippen LogP contribution in [0.25, 0.3) is 33.0 Å². The summed E-state index contributed by atoms with van der Waals surface area (Å²) in [5.74, 6) is 0.440. The molecule has 2 heterocycles. The van der Waals surface area contributed by atoms with Gasteiger partial charge in [-0.15, -0.1) is 0 Å². The fourth-order valence-electron chi connectivity index (χ4n) is 4.61. The van der Waals surface area contributed by atoms with Crippen LogP contribution in [-0.4, -0.2) is 52.6 Å². The first-order valence-electron chi connectivity index (χ1n) is 11.4. The number of aryl methyl sites for hydroxylation is 2. The lowest BCUT2D eigenvalue weighted by molar-refractivity contribution is -0.115. The van der Waals surface area contributed by atoms with E-state index in [9.17, 15) is 15.0 Å². The summed E-state index contributed by atoms with van der Waals surface area (Å²) in [6.45, 7) is 0.550. The van der Waals surface area contributed by atoms with E-state index in [1.165, 1.54) is 0 Å². The number of aliphatic hydroxyl groups is 2. The Morgan fingerprint density at radius 3 is 2.50 bits per heavy atom. The molecule has 7 nitrogen and oxygen atoms in total. The van der Waals surface area contributed by atoms with Crippen molar-refractivity contribution < 1.29 is 19.7 Å². The van der Waals surface area contributed by atoms with Crippen LogP contribution >= 0.6 is 0 Å². The number of benzene rings is 2. The zero-order valence-electron chi connectivity index (χ0n) is 19.8. The van der Waals surface area contributed by atoms with Gasteiger partial charge in [-0.2, -0.15) is 0 Å². The number of unbranched alkanes of at least 4 members (excludes halogenated alkanes) is 1. The van der Waals surface area contributed by atoms with Crippen molar-refractivity contribution in [2.45, 2.75) is 19.4 Å². The molecule has 4 aromatic rings. The van der Waals surface area contributed by atoms with Crippen LogP contribution in [0.4, 0.5) is 0 Å². The van der Waals surface area contributed by atoms with Crippen LogP contribution in [0.5, 0.6) is 5.75 Å². The van der Waals surface area contributed by atoms with Gasteiger partial charge in [0.1, 0.15) is 5.75 Å². The molecule has 0 fully saturated rings. The number of likely N-dealkylation sites (N-methyl/N-ethyl adjacent to an activating group) is 1. The SMILES string of the molecule is CNC(=O)/C(=C(\CO)c1cn(CCCCO)c2ccc(OC)cc12)c1cn(C)c2ccccc12. The second kappa shape index (κ2) is 10.2.